The molecule has 2 heterocycles. The van der Waals surface area contributed by atoms with Crippen LogP contribution in [0.4, 0.5) is 13.2 Å². The number of rotatable bonds is 7. The Morgan fingerprint density at radius 2 is 1.85 bits per heavy atom. The van der Waals surface area contributed by atoms with E-state index in [4.69, 9.17) is 16.6 Å². The zero-order valence-electron chi connectivity index (χ0n) is 22.7. The second-order valence-electron chi connectivity index (χ2n) is 11.5. The van der Waals surface area contributed by atoms with Gasteiger partial charge in [0.2, 0.25) is 5.91 Å². The molecule has 3 aromatic rings. The molecule has 0 bridgehead atoms. The summed E-state index contributed by atoms with van der Waals surface area (Å²) in [5.41, 5.74) is 1.96. The maximum absolute atomic E-state index is 13.8. The van der Waals surface area contributed by atoms with E-state index in [1.54, 1.807) is 18.2 Å². The average molecular weight is 575 g/mol. The topological polar surface area (TPSA) is 67.2 Å². The van der Waals surface area contributed by atoms with E-state index in [1.807, 2.05) is 38.1 Å². The Hall–Kier alpha value is -2.91. The number of fused-ring (bicyclic) bond motifs is 1. The van der Waals surface area contributed by atoms with Crippen LogP contribution in [-0.4, -0.2) is 52.2 Å². The van der Waals surface area contributed by atoms with Gasteiger partial charge in [-0.1, -0.05) is 29.8 Å². The molecule has 1 aliphatic heterocycles. The smallest absolute Gasteiger partial charge is 0.352 e. The van der Waals surface area contributed by atoms with Crippen LogP contribution in [0.3, 0.4) is 0 Å². The van der Waals surface area contributed by atoms with Gasteiger partial charge in [-0.15, -0.1) is 0 Å². The summed E-state index contributed by atoms with van der Waals surface area (Å²) in [5, 5.41) is 3.80. The average Bonchev–Trinajstić information content (AvgIpc) is 2.86. The van der Waals surface area contributed by atoms with Gasteiger partial charge in [0.15, 0.2) is 0 Å². The molecule has 0 atom stereocenters. The fourth-order valence-electron chi connectivity index (χ4n) is 5.96. The van der Waals surface area contributed by atoms with Crippen LogP contribution in [0.15, 0.2) is 47.3 Å². The molecule has 1 aliphatic carbocycles. The van der Waals surface area contributed by atoms with Crippen molar-refractivity contribution in [1.29, 1.82) is 0 Å². The molecule has 1 N–H and O–H groups in total. The predicted molar refractivity (Wildman–Crippen MR) is 150 cm³/mol. The van der Waals surface area contributed by atoms with Gasteiger partial charge in [0, 0.05) is 23.2 Å². The molecule has 5 rings (SSSR count). The maximum atomic E-state index is 13.8. The summed E-state index contributed by atoms with van der Waals surface area (Å²) in [5.74, 6) is -0.359. The van der Waals surface area contributed by atoms with Gasteiger partial charge >= 0.3 is 6.18 Å². The molecule has 2 aromatic carbocycles. The van der Waals surface area contributed by atoms with Crippen LogP contribution in [0.5, 0.6) is 0 Å². The van der Waals surface area contributed by atoms with Gasteiger partial charge < -0.3 is 10.2 Å². The number of alkyl halides is 3. The van der Waals surface area contributed by atoms with Crippen molar-refractivity contribution in [3.8, 4) is 11.4 Å². The third-order valence-corrected chi connectivity index (χ3v) is 8.32. The van der Waals surface area contributed by atoms with E-state index in [1.165, 1.54) is 4.57 Å². The molecule has 2 fully saturated rings. The van der Waals surface area contributed by atoms with Gasteiger partial charge in [0.25, 0.3) is 5.56 Å². The SMILES string of the molecule is CC(C)NC(=O)Cn1c(-c2cccc(Cl)c2)nc2ccc(C3CC(CN4CCC(C(F)(F)F)CC4)C3)cc2c1=O. The lowest BCUT2D eigenvalue weighted by Crippen LogP contribution is -2.43. The summed E-state index contributed by atoms with van der Waals surface area (Å²) in [6.45, 7) is 5.36. The van der Waals surface area contributed by atoms with Crippen molar-refractivity contribution in [3.63, 3.8) is 0 Å². The molecule has 6 nitrogen and oxygen atoms in total. The number of carbonyl (C=O) groups excluding carboxylic acids is 1. The fraction of sp³-hybridized carbons (Fsp3) is 0.500. The van der Waals surface area contributed by atoms with Gasteiger partial charge in [-0.3, -0.25) is 14.2 Å². The number of benzene rings is 2. The number of halogens is 4. The van der Waals surface area contributed by atoms with Crippen LogP contribution in [-0.2, 0) is 11.3 Å². The summed E-state index contributed by atoms with van der Waals surface area (Å²) >= 11 is 6.21. The zero-order valence-corrected chi connectivity index (χ0v) is 23.4. The van der Waals surface area contributed by atoms with E-state index in [9.17, 15) is 22.8 Å². The Morgan fingerprint density at radius 3 is 2.50 bits per heavy atom. The lowest BCUT2D eigenvalue weighted by atomic mass is 9.71. The predicted octanol–water partition coefficient (Wildman–Crippen LogP) is 6.01. The van der Waals surface area contributed by atoms with E-state index < -0.39 is 12.1 Å². The van der Waals surface area contributed by atoms with E-state index in [0.717, 1.165) is 24.9 Å². The zero-order chi connectivity index (χ0) is 28.6. The van der Waals surface area contributed by atoms with Crippen molar-refractivity contribution >= 4 is 28.4 Å². The highest BCUT2D eigenvalue weighted by atomic mass is 35.5. The van der Waals surface area contributed by atoms with E-state index >= 15 is 0 Å². The lowest BCUT2D eigenvalue weighted by molar-refractivity contribution is -0.185. The Labute approximate surface area is 236 Å². The Kier molecular flexibility index (Phi) is 8.25. The van der Waals surface area contributed by atoms with E-state index in [2.05, 4.69) is 10.2 Å². The quantitative estimate of drug-likeness (QED) is 0.375. The summed E-state index contributed by atoms with van der Waals surface area (Å²) < 4.78 is 40.3. The number of piperidine rings is 1. The van der Waals surface area contributed by atoms with Crippen LogP contribution in [0.1, 0.15) is 51.0 Å². The molecular weight excluding hydrogens is 541 g/mol. The molecule has 40 heavy (non-hydrogen) atoms. The van der Waals surface area contributed by atoms with Crippen LogP contribution < -0.4 is 10.9 Å². The summed E-state index contributed by atoms with van der Waals surface area (Å²) in [6.07, 6.45) is -1.87. The van der Waals surface area contributed by atoms with Crippen LogP contribution in [0.25, 0.3) is 22.3 Å². The summed E-state index contributed by atoms with van der Waals surface area (Å²) in [6, 6.07) is 12.7. The molecule has 10 heteroatoms. The highest BCUT2D eigenvalue weighted by molar-refractivity contribution is 6.30. The first-order chi connectivity index (χ1) is 19.0. The van der Waals surface area contributed by atoms with Crippen molar-refractivity contribution in [3.05, 3.63) is 63.4 Å². The maximum Gasteiger partial charge on any atom is 0.391 e. The second-order valence-corrected chi connectivity index (χ2v) is 11.9. The van der Waals surface area contributed by atoms with Gasteiger partial charge in [-0.2, -0.15) is 13.2 Å². The monoisotopic (exact) mass is 574 g/mol. The molecule has 0 spiro atoms. The Morgan fingerprint density at radius 1 is 1.12 bits per heavy atom. The minimum absolute atomic E-state index is 0.0691. The number of hydrogen-bond acceptors (Lipinski definition) is 4. The molecule has 0 radical (unpaired) electrons. The lowest BCUT2D eigenvalue weighted by Gasteiger charge is -2.41. The van der Waals surface area contributed by atoms with Gasteiger partial charge in [0.05, 0.1) is 16.8 Å². The normalized spacial score (nSPS) is 20.6. The first kappa shape index (κ1) is 28.6. The van der Waals surface area contributed by atoms with E-state index in [0.29, 0.717) is 46.3 Å². The fourth-order valence-corrected chi connectivity index (χ4v) is 6.15. The van der Waals surface area contributed by atoms with Crippen molar-refractivity contribution in [1.82, 2.24) is 19.8 Å². The van der Waals surface area contributed by atoms with Gasteiger partial charge in [-0.25, -0.2) is 4.98 Å². The number of aromatic nitrogens is 2. The third-order valence-electron chi connectivity index (χ3n) is 8.09. The second kappa shape index (κ2) is 11.5. The van der Waals surface area contributed by atoms with Gasteiger partial charge in [-0.05, 0) is 94.3 Å². The number of amides is 1. The summed E-state index contributed by atoms with van der Waals surface area (Å²) in [4.78, 5) is 33.4. The Balaban J connectivity index is 1.34. The minimum Gasteiger partial charge on any atom is -0.352 e. The molecule has 0 unspecified atom stereocenters. The Bertz CT molecular complexity index is 1440. The molecule has 214 valence electrons. The standard InChI is InChI=1S/C30H34ClF3N4O2/c1-18(2)35-27(39)17-38-28(21-4-3-5-24(31)14-21)36-26-7-6-20(15-25(26)29(38)40)22-12-19(13-22)16-37-10-8-23(9-11-37)30(32,33)34/h3-7,14-15,18-19,22-23H,8-13,16-17H2,1-2H3,(H,35,39). The third kappa shape index (κ3) is 6.36. The highest BCUT2D eigenvalue weighted by Crippen LogP contribution is 2.43. The largest absolute Gasteiger partial charge is 0.391 e. The number of nitrogens with zero attached hydrogens (tertiary/aromatic N) is 3. The number of likely N-dealkylation sites (tertiary alicyclic amines) is 1. The number of nitrogens with one attached hydrogen (secondary N) is 1. The van der Waals surface area contributed by atoms with Gasteiger partial charge in [0.1, 0.15) is 12.4 Å². The van der Waals surface area contributed by atoms with E-state index in [-0.39, 0.29) is 42.8 Å². The molecular formula is C30H34ClF3N4O2. The first-order valence-corrected chi connectivity index (χ1v) is 14.2. The van der Waals surface area contributed by atoms with Crippen molar-refractivity contribution in [2.24, 2.45) is 11.8 Å². The number of hydrogen-bond donors (Lipinski definition) is 1. The molecule has 1 amide bonds. The van der Waals surface area contributed by atoms with Crippen molar-refractivity contribution in [2.45, 2.75) is 64.2 Å². The van der Waals surface area contributed by atoms with Crippen LogP contribution in [0.2, 0.25) is 5.02 Å². The molecule has 1 aromatic heterocycles. The summed E-state index contributed by atoms with van der Waals surface area (Å²) in [7, 11) is 0. The van der Waals surface area contributed by atoms with Crippen molar-refractivity contribution < 1.29 is 18.0 Å². The molecule has 1 saturated heterocycles. The van der Waals surface area contributed by atoms with Crippen LogP contribution >= 0.6 is 11.6 Å². The number of carbonyl (C=O) groups is 1. The highest BCUT2D eigenvalue weighted by Gasteiger charge is 2.41. The van der Waals surface area contributed by atoms with Crippen molar-refractivity contribution in [2.75, 3.05) is 19.6 Å². The first-order valence-electron chi connectivity index (χ1n) is 13.9. The van der Waals surface area contributed by atoms with Crippen LogP contribution in [0, 0.1) is 11.8 Å². The molecule has 2 aliphatic rings. The molecule has 1 saturated carbocycles. The minimum atomic E-state index is -4.09.